The van der Waals surface area contributed by atoms with Crippen LogP contribution in [-0.4, -0.2) is 27.6 Å². The van der Waals surface area contributed by atoms with Gasteiger partial charge in [0.25, 0.3) is 5.91 Å². The summed E-state index contributed by atoms with van der Waals surface area (Å²) in [5.74, 6) is -1.04. The molecule has 5 nitrogen and oxygen atoms in total. The van der Waals surface area contributed by atoms with Gasteiger partial charge in [-0.3, -0.25) is 9.10 Å². The van der Waals surface area contributed by atoms with Crippen LogP contribution in [0.25, 0.3) is 0 Å². The van der Waals surface area contributed by atoms with Crippen molar-refractivity contribution in [2.75, 3.05) is 22.9 Å². The van der Waals surface area contributed by atoms with E-state index in [1.165, 1.54) is 25.2 Å². The Labute approximate surface area is 134 Å². The number of sulfonamides is 1. The summed E-state index contributed by atoms with van der Waals surface area (Å²) in [5.41, 5.74) is 1.24. The first-order valence-electron chi connectivity index (χ1n) is 6.81. The van der Waals surface area contributed by atoms with Gasteiger partial charge in [0.05, 0.1) is 17.6 Å². The van der Waals surface area contributed by atoms with Gasteiger partial charge in [-0.1, -0.05) is 18.2 Å². The largest absolute Gasteiger partial charge is 0.319 e. The van der Waals surface area contributed by atoms with Crippen molar-refractivity contribution in [3.63, 3.8) is 0 Å². The van der Waals surface area contributed by atoms with Gasteiger partial charge in [0.1, 0.15) is 5.82 Å². The Kier molecular flexibility index (Phi) is 4.70. The number of amides is 1. The van der Waals surface area contributed by atoms with Crippen molar-refractivity contribution in [3.8, 4) is 0 Å². The quantitative estimate of drug-likeness (QED) is 0.933. The lowest BCUT2D eigenvalue weighted by atomic mass is 10.1. The number of rotatable bonds is 4. The molecule has 2 rings (SSSR count). The van der Waals surface area contributed by atoms with E-state index in [1.807, 2.05) is 0 Å². The topological polar surface area (TPSA) is 66.5 Å². The van der Waals surface area contributed by atoms with E-state index in [1.54, 1.807) is 31.2 Å². The second kappa shape index (κ2) is 6.37. The third-order valence-electron chi connectivity index (χ3n) is 3.51. The van der Waals surface area contributed by atoms with E-state index >= 15 is 0 Å². The fourth-order valence-corrected chi connectivity index (χ4v) is 2.70. The zero-order valence-electron chi connectivity index (χ0n) is 13.0. The normalized spacial score (nSPS) is 11.1. The fraction of sp³-hybridized carbons (Fsp3) is 0.188. The molecule has 0 aromatic heterocycles. The molecular formula is C16H17FN2O3S. The minimum atomic E-state index is -3.44. The van der Waals surface area contributed by atoms with E-state index in [0.717, 1.165) is 10.6 Å². The van der Waals surface area contributed by atoms with Crippen LogP contribution in [0.1, 0.15) is 15.9 Å². The van der Waals surface area contributed by atoms with Crippen molar-refractivity contribution in [3.05, 3.63) is 59.4 Å². The molecule has 0 radical (unpaired) electrons. The van der Waals surface area contributed by atoms with Crippen molar-refractivity contribution in [1.29, 1.82) is 0 Å². The minimum absolute atomic E-state index is 0.0683. The molecule has 1 amide bonds. The van der Waals surface area contributed by atoms with E-state index in [0.29, 0.717) is 11.3 Å². The predicted molar refractivity (Wildman–Crippen MR) is 88.8 cm³/mol. The number of halogens is 1. The van der Waals surface area contributed by atoms with Gasteiger partial charge in [-0.2, -0.15) is 0 Å². The van der Waals surface area contributed by atoms with Crippen LogP contribution in [0.2, 0.25) is 0 Å². The highest BCUT2D eigenvalue weighted by atomic mass is 32.2. The number of nitrogens with one attached hydrogen (secondary N) is 1. The highest BCUT2D eigenvalue weighted by molar-refractivity contribution is 7.92. The van der Waals surface area contributed by atoms with E-state index in [2.05, 4.69) is 5.32 Å². The third kappa shape index (κ3) is 3.68. The van der Waals surface area contributed by atoms with E-state index in [-0.39, 0.29) is 11.3 Å². The van der Waals surface area contributed by atoms with Crippen LogP contribution >= 0.6 is 0 Å². The van der Waals surface area contributed by atoms with Gasteiger partial charge in [0, 0.05) is 12.6 Å². The molecule has 0 aliphatic rings. The molecule has 0 heterocycles. The van der Waals surface area contributed by atoms with E-state index in [9.17, 15) is 17.6 Å². The van der Waals surface area contributed by atoms with E-state index in [4.69, 9.17) is 0 Å². The maximum atomic E-state index is 13.6. The summed E-state index contributed by atoms with van der Waals surface area (Å²) in [5, 5.41) is 2.49. The molecule has 0 saturated heterocycles. The van der Waals surface area contributed by atoms with Gasteiger partial charge in [-0.05, 0) is 36.8 Å². The Morgan fingerprint density at radius 1 is 1.13 bits per heavy atom. The Balaban J connectivity index is 2.37. The zero-order chi connectivity index (χ0) is 17.2. The van der Waals surface area contributed by atoms with Crippen LogP contribution in [0.5, 0.6) is 0 Å². The molecule has 122 valence electrons. The van der Waals surface area contributed by atoms with Crippen molar-refractivity contribution in [2.24, 2.45) is 0 Å². The Morgan fingerprint density at radius 2 is 1.78 bits per heavy atom. The maximum Gasteiger partial charge on any atom is 0.256 e. The van der Waals surface area contributed by atoms with E-state index < -0.39 is 21.7 Å². The first-order valence-corrected chi connectivity index (χ1v) is 8.66. The summed E-state index contributed by atoms with van der Waals surface area (Å²) >= 11 is 0. The number of carbonyl (C=O) groups excluding carboxylic acids is 1. The molecule has 7 heteroatoms. The number of benzene rings is 2. The number of hydrogen-bond donors (Lipinski definition) is 1. The van der Waals surface area contributed by atoms with Crippen molar-refractivity contribution < 1.29 is 17.6 Å². The standard InChI is InChI=1S/C16H17FN2O3S/c1-11-12(7-6-10-15(11)19(2)23(3,21)22)16(20)18-14-9-5-4-8-13(14)17/h4-10H,1-3H3,(H,18,20). The number of para-hydroxylation sites is 1. The average Bonchev–Trinajstić information content (AvgIpc) is 2.48. The van der Waals surface area contributed by atoms with Crippen molar-refractivity contribution in [1.82, 2.24) is 0 Å². The molecular weight excluding hydrogens is 319 g/mol. The predicted octanol–water partition coefficient (Wildman–Crippen LogP) is 2.78. The molecule has 0 spiro atoms. The van der Waals surface area contributed by atoms with Gasteiger partial charge in [-0.15, -0.1) is 0 Å². The van der Waals surface area contributed by atoms with Crippen LogP contribution in [0.4, 0.5) is 15.8 Å². The SMILES string of the molecule is Cc1c(C(=O)Nc2ccccc2F)cccc1N(C)S(C)(=O)=O. The highest BCUT2D eigenvalue weighted by Gasteiger charge is 2.19. The van der Waals surface area contributed by atoms with Crippen LogP contribution in [0.15, 0.2) is 42.5 Å². The number of nitrogens with zero attached hydrogens (tertiary/aromatic N) is 1. The second-order valence-corrected chi connectivity index (χ2v) is 7.13. The fourth-order valence-electron chi connectivity index (χ4n) is 2.14. The summed E-state index contributed by atoms with van der Waals surface area (Å²) in [4.78, 5) is 12.4. The maximum absolute atomic E-state index is 13.6. The van der Waals surface area contributed by atoms with Crippen LogP contribution in [-0.2, 0) is 10.0 Å². The summed E-state index contributed by atoms with van der Waals surface area (Å²) < 4.78 is 38.1. The Hall–Kier alpha value is -2.41. The smallest absolute Gasteiger partial charge is 0.256 e. The molecule has 0 aliphatic carbocycles. The second-order valence-electron chi connectivity index (χ2n) is 5.11. The number of anilines is 2. The molecule has 0 unspecified atom stereocenters. The van der Waals surface area contributed by atoms with Crippen molar-refractivity contribution >= 4 is 27.3 Å². The Morgan fingerprint density at radius 3 is 2.39 bits per heavy atom. The molecule has 0 bridgehead atoms. The summed E-state index contributed by atoms with van der Waals surface area (Å²) in [6.45, 7) is 1.65. The summed E-state index contributed by atoms with van der Waals surface area (Å²) in [6.07, 6.45) is 1.08. The zero-order valence-corrected chi connectivity index (χ0v) is 13.8. The molecule has 0 saturated carbocycles. The lowest BCUT2D eigenvalue weighted by Gasteiger charge is -2.20. The monoisotopic (exact) mass is 336 g/mol. The molecule has 2 aromatic carbocycles. The van der Waals surface area contributed by atoms with Crippen LogP contribution < -0.4 is 9.62 Å². The van der Waals surface area contributed by atoms with Gasteiger partial charge in [-0.25, -0.2) is 12.8 Å². The summed E-state index contributed by atoms with van der Waals surface area (Å²) in [7, 11) is -2.03. The van der Waals surface area contributed by atoms with Crippen LogP contribution in [0.3, 0.4) is 0 Å². The molecule has 0 atom stereocenters. The average molecular weight is 336 g/mol. The molecule has 23 heavy (non-hydrogen) atoms. The first-order chi connectivity index (χ1) is 10.7. The lowest BCUT2D eigenvalue weighted by Crippen LogP contribution is -2.26. The molecule has 0 aliphatic heterocycles. The number of carbonyl (C=O) groups is 1. The van der Waals surface area contributed by atoms with Crippen LogP contribution in [0, 0.1) is 12.7 Å². The van der Waals surface area contributed by atoms with Gasteiger partial charge >= 0.3 is 0 Å². The summed E-state index contributed by atoms with van der Waals surface area (Å²) in [6, 6.07) is 10.6. The molecule has 1 N–H and O–H groups in total. The Bertz CT molecular complexity index is 850. The van der Waals surface area contributed by atoms with Gasteiger partial charge in [0.2, 0.25) is 10.0 Å². The lowest BCUT2D eigenvalue weighted by molar-refractivity contribution is 0.102. The van der Waals surface area contributed by atoms with Gasteiger partial charge in [0.15, 0.2) is 0 Å². The van der Waals surface area contributed by atoms with Crippen molar-refractivity contribution in [2.45, 2.75) is 6.92 Å². The molecule has 0 fully saturated rings. The minimum Gasteiger partial charge on any atom is -0.319 e. The highest BCUT2D eigenvalue weighted by Crippen LogP contribution is 2.25. The van der Waals surface area contributed by atoms with Gasteiger partial charge < -0.3 is 5.32 Å². The number of hydrogen-bond acceptors (Lipinski definition) is 3. The molecule has 2 aromatic rings. The first kappa shape index (κ1) is 17.0. The third-order valence-corrected chi connectivity index (χ3v) is 4.70.